The van der Waals surface area contributed by atoms with Gasteiger partial charge in [-0.05, 0) is 38.4 Å². The number of nitrogens with one attached hydrogen (secondary N) is 1. The molecule has 98 valence electrons. The third-order valence-electron chi connectivity index (χ3n) is 3.75. The molecule has 1 aliphatic rings. The van der Waals surface area contributed by atoms with Crippen LogP contribution >= 0.6 is 0 Å². The molecule has 2 rings (SSSR count). The van der Waals surface area contributed by atoms with Gasteiger partial charge in [0.05, 0.1) is 0 Å². The largest absolute Gasteiger partial charge is 0.312 e. The van der Waals surface area contributed by atoms with E-state index in [-0.39, 0.29) is 0 Å². The Labute approximate surface area is 111 Å². The van der Waals surface area contributed by atoms with Crippen LogP contribution in [-0.2, 0) is 6.42 Å². The van der Waals surface area contributed by atoms with Gasteiger partial charge in [0.1, 0.15) is 0 Å². The number of hydrogen-bond donors (Lipinski definition) is 1. The third-order valence-corrected chi connectivity index (χ3v) is 3.75. The van der Waals surface area contributed by atoms with Crippen molar-refractivity contribution < 1.29 is 0 Å². The summed E-state index contributed by atoms with van der Waals surface area (Å²) in [5.41, 5.74) is 1.42. The minimum Gasteiger partial charge on any atom is -0.312 e. The quantitative estimate of drug-likeness (QED) is 0.819. The third kappa shape index (κ3) is 3.69. The van der Waals surface area contributed by atoms with Gasteiger partial charge < -0.3 is 5.32 Å². The summed E-state index contributed by atoms with van der Waals surface area (Å²) in [6.07, 6.45) is 4.38. The summed E-state index contributed by atoms with van der Waals surface area (Å²) in [6, 6.07) is 11.8. The minimum absolute atomic E-state index is 0.475. The summed E-state index contributed by atoms with van der Waals surface area (Å²) >= 11 is 0. The topological polar surface area (TPSA) is 15.3 Å². The van der Waals surface area contributed by atoms with E-state index < -0.39 is 0 Å². The zero-order chi connectivity index (χ0) is 12.8. The first kappa shape index (κ1) is 13.3. The zero-order valence-corrected chi connectivity index (χ0v) is 11.3. The van der Waals surface area contributed by atoms with E-state index in [1.807, 2.05) is 6.08 Å². The molecule has 0 aliphatic carbocycles. The van der Waals surface area contributed by atoms with Gasteiger partial charge in [-0.2, -0.15) is 0 Å². The maximum absolute atomic E-state index is 3.91. The number of hydrogen-bond acceptors (Lipinski definition) is 2. The number of benzene rings is 1. The predicted octanol–water partition coefficient (Wildman–Crippen LogP) is 2.47. The molecule has 0 radical (unpaired) electrons. The van der Waals surface area contributed by atoms with E-state index in [2.05, 4.69) is 54.1 Å². The molecule has 2 heteroatoms. The van der Waals surface area contributed by atoms with Gasteiger partial charge in [0.2, 0.25) is 0 Å². The van der Waals surface area contributed by atoms with E-state index in [1.165, 1.54) is 18.5 Å². The molecule has 1 aliphatic heterocycles. The van der Waals surface area contributed by atoms with E-state index in [0.717, 1.165) is 19.5 Å². The van der Waals surface area contributed by atoms with Gasteiger partial charge >= 0.3 is 0 Å². The predicted molar refractivity (Wildman–Crippen MR) is 77.8 cm³/mol. The summed E-state index contributed by atoms with van der Waals surface area (Å²) in [5.74, 6) is 0. The molecule has 1 aromatic carbocycles. The molecule has 0 aromatic heterocycles. The molecule has 0 amide bonds. The summed E-state index contributed by atoms with van der Waals surface area (Å²) in [6.45, 7) is 9.56. The second-order valence-electron chi connectivity index (χ2n) is 5.17. The second-order valence-corrected chi connectivity index (χ2v) is 5.17. The lowest BCUT2D eigenvalue weighted by atomic mass is 10.1. The first-order valence-corrected chi connectivity index (χ1v) is 6.93. The SMILES string of the molecule is C=CC(C)N1CCCNC(Cc2ccccc2)C1. The standard InChI is InChI=1S/C16H24N2/c1-3-14(2)18-11-7-10-17-16(13-18)12-15-8-5-4-6-9-15/h3-6,8-9,14,16-17H,1,7,10-13H2,2H3. The maximum Gasteiger partial charge on any atom is 0.0247 e. The molecule has 1 fully saturated rings. The van der Waals surface area contributed by atoms with Gasteiger partial charge in [0.25, 0.3) is 0 Å². The second kappa shape index (κ2) is 6.72. The van der Waals surface area contributed by atoms with Gasteiger partial charge in [-0.3, -0.25) is 4.90 Å². The molecule has 1 aromatic rings. The average Bonchev–Trinajstić information content (AvgIpc) is 2.65. The van der Waals surface area contributed by atoms with Gasteiger partial charge in [0, 0.05) is 18.6 Å². The fraction of sp³-hybridized carbons (Fsp3) is 0.500. The lowest BCUT2D eigenvalue weighted by molar-refractivity contribution is 0.236. The van der Waals surface area contributed by atoms with E-state index in [9.17, 15) is 0 Å². The van der Waals surface area contributed by atoms with Crippen LogP contribution in [0.2, 0.25) is 0 Å². The van der Waals surface area contributed by atoms with E-state index >= 15 is 0 Å². The van der Waals surface area contributed by atoms with Crippen LogP contribution in [0.25, 0.3) is 0 Å². The van der Waals surface area contributed by atoms with Gasteiger partial charge in [-0.25, -0.2) is 0 Å². The molecule has 0 bridgehead atoms. The molecule has 0 spiro atoms. The minimum atomic E-state index is 0.475. The van der Waals surface area contributed by atoms with Crippen molar-refractivity contribution in [2.45, 2.75) is 31.8 Å². The van der Waals surface area contributed by atoms with Crippen molar-refractivity contribution in [2.75, 3.05) is 19.6 Å². The fourth-order valence-electron chi connectivity index (χ4n) is 2.58. The highest BCUT2D eigenvalue weighted by molar-refractivity contribution is 5.16. The van der Waals surface area contributed by atoms with Gasteiger partial charge in [0.15, 0.2) is 0 Å². The Morgan fingerprint density at radius 1 is 1.44 bits per heavy atom. The molecular formula is C16H24N2. The van der Waals surface area contributed by atoms with Crippen LogP contribution in [0.5, 0.6) is 0 Å². The Morgan fingerprint density at radius 2 is 2.22 bits per heavy atom. The van der Waals surface area contributed by atoms with E-state index in [1.54, 1.807) is 0 Å². The van der Waals surface area contributed by atoms with E-state index in [4.69, 9.17) is 0 Å². The Morgan fingerprint density at radius 3 is 2.94 bits per heavy atom. The van der Waals surface area contributed by atoms with Crippen LogP contribution in [0, 0.1) is 0 Å². The monoisotopic (exact) mass is 244 g/mol. The molecule has 2 unspecified atom stereocenters. The van der Waals surface area contributed by atoms with Crippen molar-refractivity contribution in [3.63, 3.8) is 0 Å². The van der Waals surface area contributed by atoms with Gasteiger partial charge in [-0.1, -0.05) is 36.4 Å². The summed E-state index contributed by atoms with van der Waals surface area (Å²) in [7, 11) is 0. The summed E-state index contributed by atoms with van der Waals surface area (Å²) in [4.78, 5) is 2.53. The molecule has 1 heterocycles. The molecule has 0 saturated carbocycles. The lowest BCUT2D eigenvalue weighted by Crippen LogP contribution is -2.42. The molecule has 18 heavy (non-hydrogen) atoms. The summed E-state index contributed by atoms with van der Waals surface area (Å²) in [5, 5.41) is 3.66. The van der Waals surface area contributed by atoms with Crippen molar-refractivity contribution in [1.29, 1.82) is 0 Å². The molecule has 1 saturated heterocycles. The Balaban J connectivity index is 1.97. The van der Waals surface area contributed by atoms with Crippen LogP contribution in [-0.4, -0.2) is 36.6 Å². The average molecular weight is 244 g/mol. The van der Waals surface area contributed by atoms with Crippen LogP contribution in [0.1, 0.15) is 18.9 Å². The Bertz CT molecular complexity index is 361. The van der Waals surface area contributed by atoms with Crippen molar-refractivity contribution in [3.05, 3.63) is 48.6 Å². The highest BCUT2D eigenvalue weighted by Gasteiger charge is 2.20. The van der Waals surface area contributed by atoms with Gasteiger partial charge in [-0.15, -0.1) is 6.58 Å². The molecule has 2 atom stereocenters. The normalized spacial score (nSPS) is 23.3. The van der Waals surface area contributed by atoms with Crippen molar-refractivity contribution in [2.24, 2.45) is 0 Å². The summed E-state index contributed by atoms with van der Waals surface area (Å²) < 4.78 is 0. The smallest absolute Gasteiger partial charge is 0.0247 e. The first-order chi connectivity index (χ1) is 8.79. The van der Waals surface area contributed by atoms with Crippen LogP contribution in [0.3, 0.4) is 0 Å². The Kier molecular flexibility index (Phi) is 4.97. The van der Waals surface area contributed by atoms with Crippen molar-refractivity contribution in [3.8, 4) is 0 Å². The highest BCUT2D eigenvalue weighted by Crippen LogP contribution is 2.10. The van der Waals surface area contributed by atoms with Crippen LogP contribution in [0.15, 0.2) is 43.0 Å². The number of rotatable bonds is 4. The first-order valence-electron chi connectivity index (χ1n) is 6.93. The van der Waals surface area contributed by atoms with E-state index in [0.29, 0.717) is 12.1 Å². The lowest BCUT2D eigenvalue weighted by Gasteiger charge is -2.28. The van der Waals surface area contributed by atoms with Crippen LogP contribution < -0.4 is 5.32 Å². The zero-order valence-electron chi connectivity index (χ0n) is 11.3. The Hall–Kier alpha value is -1.12. The van der Waals surface area contributed by atoms with Crippen molar-refractivity contribution in [1.82, 2.24) is 10.2 Å². The highest BCUT2D eigenvalue weighted by atomic mass is 15.2. The fourth-order valence-corrected chi connectivity index (χ4v) is 2.58. The van der Waals surface area contributed by atoms with Crippen molar-refractivity contribution >= 4 is 0 Å². The molecule has 2 nitrogen and oxygen atoms in total. The maximum atomic E-state index is 3.91. The molecule has 1 N–H and O–H groups in total. The molecular weight excluding hydrogens is 220 g/mol. The number of nitrogens with zero attached hydrogens (tertiary/aromatic N) is 1. The van der Waals surface area contributed by atoms with Crippen LogP contribution in [0.4, 0.5) is 0 Å².